The quantitative estimate of drug-likeness (QED) is 0.833. The summed E-state index contributed by atoms with van der Waals surface area (Å²) in [7, 11) is 1.66. The van der Waals surface area contributed by atoms with Gasteiger partial charge in [0.05, 0.1) is 11.8 Å². The van der Waals surface area contributed by atoms with E-state index in [-0.39, 0.29) is 11.3 Å². The molecule has 92 valence electrons. The molecule has 0 aliphatic heterocycles. The van der Waals surface area contributed by atoms with Crippen LogP contribution < -0.4 is 5.32 Å². The highest BCUT2D eigenvalue weighted by Gasteiger charge is 2.10. The van der Waals surface area contributed by atoms with Crippen molar-refractivity contribution in [3.05, 3.63) is 41.7 Å². The van der Waals surface area contributed by atoms with E-state index in [4.69, 9.17) is 5.11 Å². The van der Waals surface area contributed by atoms with Crippen LogP contribution in [-0.4, -0.2) is 32.0 Å². The first-order valence-corrected chi connectivity index (χ1v) is 5.07. The minimum absolute atomic E-state index is 0.160. The third-order valence-corrected chi connectivity index (χ3v) is 2.23. The molecular formula is C11H10N4O3. The molecule has 0 aliphatic carbocycles. The van der Waals surface area contributed by atoms with Crippen molar-refractivity contribution in [2.24, 2.45) is 7.05 Å². The van der Waals surface area contributed by atoms with Crippen molar-refractivity contribution in [1.29, 1.82) is 0 Å². The number of aryl methyl sites for hydroxylation is 1. The van der Waals surface area contributed by atoms with Crippen LogP contribution in [0.25, 0.3) is 0 Å². The van der Waals surface area contributed by atoms with Crippen LogP contribution in [0.1, 0.15) is 20.8 Å². The van der Waals surface area contributed by atoms with Gasteiger partial charge in [0.2, 0.25) is 0 Å². The number of benzene rings is 1. The number of aromatic carboxylic acids is 1. The van der Waals surface area contributed by atoms with Crippen molar-refractivity contribution < 1.29 is 14.7 Å². The average Bonchev–Trinajstić information content (AvgIpc) is 2.76. The van der Waals surface area contributed by atoms with Gasteiger partial charge in [-0.1, -0.05) is 5.21 Å². The van der Waals surface area contributed by atoms with E-state index in [0.717, 1.165) is 0 Å². The van der Waals surface area contributed by atoms with Crippen LogP contribution in [0.5, 0.6) is 0 Å². The molecular weight excluding hydrogens is 236 g/mol. The number of aromatic nitrogens is 3. The van der Waals surface area contributed by atoms with Gasteiger partial charge in [-0.25, -0.2) is 4.79 Å². The van der Waals surface area contributed by atoms with Crippen LogP contribution in [-0.2, 0) is 7.05 Å². The average molecular weight is 246 g/mol. The Balaban J connectivity index is 2.10. The number of carbonyl (C=O) groups excluding carboxylic acids is 1. The molecule has 0 atom stereocenters. The van der Waals surface area contributed by atoms with Crippen molar-refractivity contribution in [3.63, 3.8) is 0 Å². The molecule has 2 aromatic rings. The van der Waals surface area contributed by atoms with Crippen molar-refractivity contribution in [2.45, 2.75) is 0 Å². The number of nitrogens with zero attached hydrogens (tertiary/aromatic N) is 3. The van der Waals surface area contributed by atoms with E-state index in [9.17, 15) is 9.59 Å². The molecule has 7 heteroatoms. The van der Waals surface area contributed by atoms with Crippen LogP contribution in [0.4, 0.5) is 5.69 Å². The standard InChI is InChI=1S/C11H10N4O3/c1-15-6-9(13-14-15)10(16)12-8-4-2-7(3-5-8)11(17)18/h2-6H,1H3,(H,12,16)(H,17,18). The van der Waals surface area contributed by atoms with Gasteiger partial charge >= 0.3 is 5.97 Å². The van der Waals surface area contributed by atoms with Crippen LogP contribution in [0.2, 0.25) is 0 Å². The zero-order valence-electron chi connectivity index (χ0n) is 9.49. The first kappa shape index (κ1) is 11.8. The second kappa shape index (κ2) is 4.66. The van der Waals surface area contributed by atoms with Gasteiger partial charge in [0.1, 0.15) is 0 Å². The van der Waals surface area contributed by atoms with E-state index < -0.39 is 11.9 Å². The Hall–Kier alpha value is -2.70. The van der Waals surface area contributed by atoms with E-state index in [1.165, 1.54) is 35.1 Å². The highest BCUT2D eigenvalue weighted by Crippen LogP contribution is 2.10. The lowest BCUT2D eigenvalue weighted by molar-refractivity contribution is 0.0696. The van der Waals surface area contributed by atoms with Gasteiger partial charge in [-0.05, 0) is 24.3 Å². The summed E-state index contributed by atoms with van der Waals surface area (Å²) < 4.78 is 1.42. The highest BCUT2D eigenvalue weighted by atomic mass is 16.4. The number of carboxylic acids is 1. The number of nitrogens with one attached hydrogen (secondary N) is 1. The van der Waals surface area contributed by atoms with Gasteiger partial charge in [0, 0.05) is 12.7 Å². The second-order valence-corrected chi connectivity index (χ2v) is 3.61. The summed E-state index contributed by atoms with van der Waals surface area (Å²) in [6.45, 7) is 0. The molecule has 1 heterocycles. The fourth-order valence-corrected chi connectivity index (χ4v) is 1.34. The summed E-state index contributed by atoms with van der Waals surface area (Å²) in [5.74, 6) is -1.41. The Bertz CT molecular complexity index is 589. The second-order valence-electron chi connectivity index (χ2n) is 3.61. The normalized spacial score (nSPS) is 10.1. The highest BCUT2D eigenvalue weighted by molar-refractivity contribution is 6.02. The smallest absolute Gasteiger partial charge is 0.335 e. The maximum atomic E-state index is 11.7. The predicted molar refractivity (Wildman–Crippen MR) is 62.4 cm³/mol. The van der Waals surface area contributed by atoms with Gasteiger partial charge in [0.15, 0.2) is 5.69 Å². The predicted octanol–water partition coefficient (Wildman–Crippen LogP) is 0.766. The molecule has 0 fully saturated rings. The fourth-order valence-electron chi connectivity index (χ4n) is 1.34. The number of amides is 1. The van der Waals surface area contributed by atoms with Crippen molar-refractivity contribution >= 4 is 17.6 Å². The van der Waals surface area contributed by atoms with E-state index in [1.807, 2.05) is 0 Å². The summed E-state index contributed by atoms with van der Waals surface area (Å²) in [4.78, 5) is 22.4. The monoisotopic (exact) mass is 246 g/mol. The summed E-state index contributed by atoms with van der Waals surface area (Å²) in [5.41, 5.74) is 0.850. The molecule has 0 saturated heterocycles. The van der Waals surface area contributed by atoms with Gasteiger partial charge in [-0.15, -0.1) is 5.10 Å². The number of carboxylic acid groups (broad SMARTS) is 1. The first-order valence-electron chi connectivity index (χ1n) is 5.07. The first-order chi connectivity index (χ1) is 8.56. The molecule has 0 unspecified atom stereocenters. The number of hydrogen-bond donors (Lipinski definition) is 2. The lowest BCUT2D eigenvalue weighted by Gasteiger charge is -2.02. The van der Waals surface area contributed by atoms with Crippen molar-refractivity contribution in [1.82, 2.24) is 15.0 Å². The maximum Gasteiger partial charge on any atom is 0.335 e. The van der Waals surface area contributed by atoms with Crippen LogP contribution in [0, 0.1) is 0 Å². The number of hydrogen-bond acceptors (Lipinski definition) is 4. The zero-order valence-corrected chi connectivity index (χ0v) is 9.49. The largest absolute Gasteiger partial charge is 0.478 e. The van der Waals surface area contributed by atoms with E-state index in [1.54, 1.807) is 7.05 Å². The number of rotatable bonds is 3. The lowest BCUT2D eigenvalue weighted by atomic mass is 10.2. The lowest BCUT2D eigenvalue weighted by Crippen LogP contribution is -2.12. The van der Waals surface area contributed by atoms with Crippen LogP contribution >= 0.6 is 0 Å². The summed E-state index contributed by atoms with van der Waals surface area (Å²) in [5, 5.41) is 18.6. The number of carbonyl (C=O) groups is 2. The van der Waals surface area contributed by atoms with Gasteiger partial charge in [-0.2, -0.15) is 0 Å². The molecule has 0 saturated carbocycles. The van der Waals surface area contributed by atoms with Crippen LogP contribution in [0.3, 0.4) is 0 Å². The molecule has 7 nitrogen and oxygen atoms in total. The molecule has 0 aliphatic rings. The molecule has 2 rings (SSSR count). The summed E-state index contributed by atoms with van der Waals surface area (Å²) in [6.07, 6.45) is 1.49. The minimum Gasteiger partial charge on any atom is -0.478 e. The van der Waals surface area contributed by atoms with Crippen molar-refractivity contribution in [3.8, 4) is 0 Å². The van der Waals surface area contributed by atoms with Crippen molar-refractivity contribution in [2.75, 3.05) is 5.32 Å². The topological polar surface area (TPSA) is 97.1 Å². The molecule has 1 aromatic heterocycles. The summed E-state index contributed by atoms with van der Waals surface area (Å²) >= 11 is 0. The van der Waals surface area contributed by atoms with E-state index in [0.29, 0.717) is 5.69 Å². The Labute approximate surface area is 102 Å². The molecule has 1 amide bonds. The van der Waals surface area contributed by atoms with E-state index >= 15 is 0 Å². The Morgan fingerprint density at radius 1 is 1.28 bits per heavy atom. The SMILES string of the molecule is Cn1cc(C(=O)Nc2ccc(C(=O)O)cc2)nn1. The molecule has 1 aromatic carbocycles. The van der Waals surface area contributed by atoms with Gasteiger partial charge < -0.3 is 10.4 Å². The minimum atomic E-state index is -1.01. The third kappa shape index (κ3) is 2.51. The van der Waals surface area contributed by atoms with E-state index in [2.05, 4.69) is 15.6 Å². The molecule has 0 radical (unpaired) electrons. The molecule has 18 heavy (non-hydrogen) atoms. The number of anilines is 1. The fraction of sp³-hybridized carbons (Fsp3) is 0.0909. The Kier molecular flexibility index (Phi) is 3.05. The zero-order chi connectivity index (χ0) is 13.1. The molecule has 0 bridgehead atoms. The Morgan fingerprint density at radius 3 is 2.44 bits per heavy atom. The Morgan fingerprint density at radius 2 is 1.94 bits per heavy atom. The summed E-state index contributed by atoms with van der Waals surface area (Å²) in [6, 6.07) is 5.85. The van der Waals surface area contributed by atoms with Gasteiger partial charge in [-0.3, -0.25) is 9.48 Å². The molecule has 0 spiro atoms. The third-order valence-electron chi connectivity index (χ3n) is 2.23. The molecule has 2 N–H and O–H groups in total. The maximum absolute atomic E-state index is 11.7. The van der Waals surface area contributed by atoms with Gasteiger partial charge in [0.25, 0.3) is 5.91 Å². The van der Waals surface area contributed by atoms with Crippen LogP contribution in [0.15, 0.2) is 30.5 Å².